The van der Waals surface area contributed by atoms with Crippen LogP contribution in [0, 0.1) is 16.0 Å². The van der Waals surface area contributed by atoms with E-state index in [1.807, 2.05) is 30.3 Å². The van der Waals surface area contributed by atoms with Crippen LogP contribution in [0.4, 0.5) is 11.4 Å². The molecule has 1 aliphatic heterocycles. The molecule has 0 fully saturated rings. The molecule has 0 saturated heterocycles. The molecular weight excluding hydrogens is 336 g/mol. The molecule has 0 saturated carbocycles. The third-order valence-corrected chi connectivity index (χ3v) is 4.54. The van der Waals surface area contributed by atoms with Crippen molar-refractivity contribution in [2.75, 3.05) is 24.7 Å². The molecule has 26 heavy (non-hydrogen) atoms. The topological polar surface area (TPSA) is 96.1 Å². The van der Waals surface area contributed by atoms with E-state index in [-0.39, 0.29) is 30.9 Å². The maximum atomic E-state index is 11.1. The van der Waals surface area contributed by atoms with E-state index >= 15 is 0 Å². The van der Waals surface area contributed by atoms with Crippen molar-refractivity contribution in [2.45, 2.75) is 19.1 Å². The predicted octanol–water partition coefficient (Wildman–Crippen LogP) is 2.35. The van der Waals surface area contributed by atoms with Gasteiger partial charge in [0.1, 0.15) is 11.9 Å². The van der Waals surface area contributed by atoms with Gasteiger partial charge in [0.2, 0.25) is 0 Å². The molecule has 0 bridgehead atoms. The lowest BCUT2D eigenvalue weighted by Crippen LogP contribution is -2.41. The Morgan fingerprint density at radius 2 is 1.92 bits per heavy atom. The summed E-state index contributed by atoms with van der Waals surface area (Å²) in [5.41, 5.74) is 1.79. The van der Waals surface area contributed by atoms with Gasteiger partial charge in [-0.25, -0.2) is 0 Å². The van der Waals surface area contributed by atoms with Crippen LogP contribution in [0.15, 0.2) is 48.5 Å². The fraction of sp³-hybridized carbons (Fsp3) is 0.368. The maximum Gasteiger partial charge on any atom is 0.271 e. The molecular formula is C19H22N2O5. The monoisotopic (exact) mass is 358 g/mol. The number of nitrogens with zero attached hydrogens (tertiary/aromatic N) is 2. The zero-order valence-electron chi connectivity index (χ0n) is 14.3. The first-order valence-corrected chi connectivity index (χ1v) is 8.56. The standard InChI is InChI=1S/C19H22N2O5/c22-12-15(13-23)8-17-11-20(10-14-4-2-1-3-5-14)18-9-16(21(24)25)6-7-19(18)26-17/h1-7,9,15,17,22-23H,8,10-13H2/t17-/m0/s1. The first-order valence-electron chi connectivity index (χ1n) is 8.56. The van der Waals surface area contributed by atoms with Gasteiger partial charge >= 0.3 is 0 Å². The number of anilines is 1. The van der Waals surface area contributed by atoms with Crippen molar-refractivity contribution in [1.82, 2.24) is 0 Å². The minimum absolute atomic E-state index is 0.0208. The Hall–Kier alpha value is -2.64. The van der Waals surface area contributed by atoms with E-state index < -0.39 is 4.92 Å². The molecule has 1 heterocycles. The van der Waals surface area contributed by atoms with Crippen LogP contribution in [0.1, 0.15) is 12.0 Å². The summed E-state index contributed by atoms with van der Waals surface area (Å²) < 4.78 is 5.98. The van der Waals surface area contributed by atoms with Crippen LogP contribution in [0.5, 0.6) is 5.75 Å². The molecule has 138 valence electrons. The molecule has 1 aliphatic rings. The van der Waals surface area contributed by atoms with Crippen molar-refractivity contribution in [3.05, 3.63) is 64.2 Å². The summed E-state index contributed by atoms with van der Waals surface area (Å²) in [5, 5.41) is 29.8. The van der Waals surface area contributed by atoms with E-state index in [1.54, 1.807) is 6.07 Å². The lowest BCUT2D eigenvalue weighted by Gasteiger charge is -2.37. The highest BCUT2D eigenvalue weighted by Crippen LogP contribution is 2.38. The summed E-state index contributed by atoms with van der Waals surface area (Å²) in [5.74, 6) is 0.329. The summed E-state index contributed by atoms with van der Waals surface area (Å²) in [6, 6.07) is 14.4. The van der Waals surface area contributed by atoms with Crippen molar-refractivity contribution < 1.29 is 19.9 Å². The number of aliphatic hydroxyl groups is 2. The van der Waals surface area contributed by atoms with E-state index in [2.05, 4.69) is 4.90 Å². The van der Waals surface area contributed by atoms with Gasteiger partial charge in [-0.1, -0.05) is 30.3 Å². The van der Waals surface area contributed by atoms with Crippen LogP contribution in [0.25, 0.3) is 0 Å². The van der Waals surface area contributed by atoms with Gasteiger partial charge in [0.05, 0.1) is 17.2 Å². The highest BCUT2D eigenvalue weighted by atomic mass is 16.6. The van der Waals surface area contributed by atoms with Gasteiger partial charge in [0.15, 0.2) is 0 Å². The molecule has 2 aromatic carbocycles. The van der Waals surface area contributed by atoms with Gasteiger partial charge < -0.3 is 19.8 Å². The molecule has 0 amide bonds. The smallest absolute Gasteiger partial charge is 0.271 e. The second-order valence-corrected chi connectivity index (χ2v) is 6.48. The highest BCUT2D eigenvalue weighted by Gasteiger charge is 2.29. The van der Waals surface area contributed by atoms with Crippen molar-refractivity contribution in [3.8, 4) is 5.75 Å². The second-order valence-electron chi connectivity index (χ2n) is 6.48. The van der Waals surface area contributed by atoms with Crippen LogP contribution in [0.3, 0.4) is 0 Å². The summed E-state index contributed by atoms with van der Waals surface area (Å²) in [4.78, 5) is 12.8. The van der Waals surface area contributed by atoms with Crippen LogP contribution in [-0.2, 0) is 6.54 Å². The third kappa shape index (κ3) is 4.12. The van der Waals surface area contributed by atoms with Crippen molar-refractivity contribution in [2.24, 2.45) is 5.92 Å². The number of hydrogen-bond acceptors (Lipinski definition) is 6. The van der Waals surface area contributed by atoms with Gasteiger partial charge in [0.25, 0.3) is 5.69 Å². The number of benzene rings is 2. The quantitative estimate of drug-likeness (QED) is 0.583. The fourth-order valence-electron chi connectivity index (χ4n) is 3.18. The summed E-state index contributed by atoms with van der Waals surface area (Å²) >= 11 is 0. The number of aliphatic hydroxyl groups excluding tert-OH is 2. The molecule has 0 unspecified atom stereocenters. The van der Waals surface area contributed by atoms with Crippen LogP contribution < -0.4 is 9.64 Å². The van der Waals surface area contributed by atoms with E-state index in [0.29, 0.717) is 30.9 Å². The SMILES string of the molecule is O=[N+]([O-])c1ccc2c(c1)N(Cc1ccccc1)C[C@H](CC(CO)CO)O2. The fourth-order valence-corrected chi connectivity index (χ4v) is 3.18. The first-order chi connectivity index (χ1) is 12.6. The van der Waals surface area contributed by atoms with E-state index in [4.69, 9.17) is 4.74 Å². The Bertz CT molecular complexity index is 749. The minimum atomic E-state index is -0.416. The molecule has 2 aromatic rings. The molecule has 3 rings (SSSR count). The zero-order chi connectivity index (χ0) is 18.5. The van der Waals surface area contributed by atoms with Gasteiger partial charge in [-0.05, 0) is 18.1 Å². The third-order valence-electron chi connectivity index (χ3n) is 4.54. The number of nitro groups is 1. The second kappa shape index (κ2) is 8.16. The number of fused-ring (bicyclic) bond motifs is 1. The number of nitro benzene ring substituents is 1. The van der Waals surface area contributed by atoms with Gasteiger partial charge in [0, 0.05) is 37.8 Å². The first kappa shape index (κ1) is 18.2. The highest BCUT2D eigenvalue weighted by molar-refractivity contribution is 5.64. The predicted molar refractivity (Wildman–Crippen MR) is 97.3 cm³/mol. The van der Waals surface area contributed by atoms with E-state index in [1.165, 1.54) is 12.1 Å². The Morgan fingerprint density at radius 1 is 1.19 bits per heavy atom. The lowest BCUT2D eigenvalue weighted by molar-refractivity contribution is -0.384. The van der Waals surface area contributed by atoms with Crippen molar-refractivity contribution in [1.29, 1.82) is 0 Å². The molecule has 0 aromatic heterocycles. The van der Waals surface area contributed by atoms with Gasteiger partial charge in [-0.2, -0.15) is 0 Å². The molecule has 0 aliphatic carbocycles. The van der Waals surface area contributed by atoms with E-state index in [9.17, 15) is 20.3 Å². The summed E-state index contributed by atoms with van der Waals surface area (Å²) in [7, 11) is 0. The molecule has 2 N–H and O–H groups in total. The Labute approximate surface area is 151 Å². The van der Waals surface area contributed by atoms with Crippen LogP contribution >= 0.6 is 0 Å². The number of non-ortho nitro benzene ring substituents is 1. The number of hydrogen-bond donors (Lipinski definition) is 2. The van der Waals surface area contributed by atoms with Gasteiger partial charge in [-0.3, -0.25) is 10.1 Å². The zero-order valence-corrected chi connectivity index (χ0v) is 14.3. The maximum absolute atomic E-state index is 11.1. The number of ether oxygens (including phenoxy) is 1. The number of rotatable bonds is 7. The summed E-state index contributed by atoms with van der Waals surface area (Å²) in [6.45, 7) is 0.904. The van der Waals surface area contributed by atoms with E-state index in [0.717, 1.165) is 5.56 Å². The van der Waals surface area contributed by atoms with Crippen LogP contribution in [-0.4, -0.2) is 41.0 Å². The molecule has 7 nitrogen and oxygen atoms in total. The van der Waals surface area contributed by atoms with Crippen LogP contribution in [0.2, 0.25) is 0 Å². The molecule has 0 radical (unpaired) electrons. The normalized spacial score (nSPS) is 16.3. The lowest BCUT2D eigenvalue weighted by atomic mass is 10.0. The van der Waals surface area contributed by atoms with Crippen molar-refractivity contribution >= 4 is 11.4 Å². The molecule has 1 atom stereocenters. The molecule has 7 heteroatoms. The van der Waals surface area contributed by atoms with Gasteiger partial charge in [-0.15, -0.1) is 0 Å². The Morgan fingerprint density at radius 3 is 2.58 bits per heavy atom. The average Bonchev–Trinajstić information content (AvgIpc) is 2.66. The Balaban J connectivity index is 1.89. The van der Waals surface area contributed by atoms with Crippen molar-refractivity contribution in [3.63, 3.8) is 0 Å². The average molecular weight is 358 g/mol. The molecule has 0 spiro atoms. The minimum Gasteiger partial charge on any atom is -0.486 e. The largest absolute Gasteiger partial charge is 0.486 e. The Kier molecular flexibility index (Phi) is 5.70. The summed E-state index contributed by atoms with van der Waals surface area (Å²) in [6.07, 6.45) is 0.298.